The van der Waals surface area contributed by atoms with Crippen molar-refractivity contribution in [3.8, 4) is 0 Å². The summed E-state index contributed by atoms with van der Waals surface area (Å²) in [7, 11) is 3.15. The highest BCUT2D eigenvalue weighted by molar-refractivity contribution is 6.30. The van der Waals surface area contributed by atoms with Crippen molar-refractivity contribution in [1.29, 1.82) is 0 Å². The van der Waals surface area contributed by atoms with E-state index >= 15 is 0 Å². The average Bonchev–Trinajstić information content (AvgIpc) is 2.82. The molecule has 1 aromatic rings. The van der Waals surface area contributed by atoms with Crippen molar-refractivity contribution in [2.45, 2.75) is 38.5 Å². The number of aliphatic hydroxyl groups excluding tert-OH is 2. The highest BCUT2D eigenvalue weighted by atomic mass is 35.5. The van der Waals surface area contributed by atoms with Gasteiger partial charge in [0.2, 0.25) is 0 Å². The molecule has 1 atom stereocenters. The Bertz CT molecular complexity index is 708. The van der Waals surface area contributed by atoms with E-state index in [2.05, 4.69) is 0 Å². The van der Waals surface area contributed by atoms with Gasteiger partial charge in [-0.3, -0.25) is 4.84 Å². The molecule has 0 bridgehead atoms. The average molecular weight is 399 g/mol. The maximum Gasteiger partial charge on any atom is 0.166 e. The van der Waals surface area contributed by atoms with Crippen molar-refractivity contribution in [3.63, 3.8) is 0 Å². The van der Waals surface area contributed by atoms with Crippen molar-refractivity contribution in [2.24, 2.45) is 0 Å². The zero-order valence-corrected chi connectivity index (χ0v) is 16.9. The van der Waals surface area contributed by atoms with Gasteiger partial charge in [0.25, 0.3) is 0 Å². The number of benzene rings is 1. The number of hydrogen-bond acceptors (Lipinski definition) is 7. The van der Waals surface area contributed by atoms with E-state index in [0.717, 1.165) is 16.7 Å². The summed E-state index contributed by atoms with van der Waals surface area (Å²) in [5.41, 5.74) is 2.20. The smallest absolute Gasteiger partial charge is 0.166 e. The number of piperidine rings is 1. The first kappa shape index (κ1) is 20.5. The lowest BCUT2D eigenvalue weighted by molar-refractivity contribution is -0.308. The molecule has 0 saturated carbocycles. The van der Waals surface area contributed by atoms with Gasteiger partial charge in [-0.25, -0.2) is 0 Å². The zero-order chi connectivity index (χ0) is 19.8. The van der Waals surface area contributed by atoms with Gasteiger partial charge in [0.15, 0.2) is 13.0 Å². The third-order valence-corrected chi connectivity index (χ3v) is 5.70. The molecule has 0 amide bonds. The van der Waals surface area contributed by atoms with Gasteiger partial charge in [-0.2, -0.15) is 5.06 Å². The van der Waals surface area contributed by atoms with E-state index < -0.39 is 11.8 Å². The summed E-state index contributed by atoms with van der Waals surface area (Å²) in [6.07, 6.45) is -0.0292. The van der Waals surface area contributed by atoms with Crippen LogP contribution in [0, 0.1) is 13.8 Å². The lowest BCUT2D eigenvalue weighted by atomic mass is 9.85. The third kappa shape index (κ3) is 3.49. The first-order chi connectivity index (χ1) is 12.9. The molecule has 8 heteroatoms. The quantitative estimate of drug-likeness (QED) is 0.738. The molecule has 150 valence electrons. The van der Waals surface area contributed by atoms with E-state index in [0.29, 0.717) is 36.5 Å². The van der Waals surface area contributed by atoms with Gasteiger partial charge in [-0.1, -0.05) is 11.6 Å². The Labute approximate surface area is 164 Å². The van der Waals surface area contributed by atoms with Crippen LogP contribution in [0.4, 0.5) is 0 Å². The molecule has 2 heterocycles. The Hall–Kier alpha value is -1.19. The fourth-order valence-corrected chi connectivity index (χ4v) is 4.54. The van der Waals surface area contributed by atoms with E-state index in [9.17, 15) is 10.2 Å². The van der Waals surface area contributed by atoms with Crippen LogP contribution in [-0.4, -0.2) is 66.2 Å². The molecule has 0 aromatic heterocycles. The van der Waals surface area contributed by atoms with Gasteiger partial charge < -0.3 is 19.8 Å². The van der Waals surface area contributed by atoms with E-state index in [1.807, 2.05) is 31.0 Å². The number of hydrogen-bond donors (Lipinski definition) is 2. The highest BCUT2D eigenvalue weighted by Gasteiger charge is 2.55. The maximum atomic E-state index is 11.3. The molecule has 0 radical (unpaired) electrons. The SMILES string of the molecule is COCON1C(O)C(c2c(C)cc(Cl)cc2C)=C(O)C12CCN(OC)CC2. The largest absolute Gasteiger partial charge is 0.510 e. The summed E-state index contributed by atoms with van der Waals surface area (Å²) in [4.78, 5) is 11.0. The first-order valence-corrected chi connectivity index (χ1v) is 9.32. The Morgan fingerprint density at radius 2 is 1.78 bits per heavy atom. The van der Waals surface area contributed by atoms with Crippen molar-refractivity contribution in [1.82, 2.24) is 10.1 Å². The molecule has 1 fully saturated rings. The van der Waals surface area contributed by atoms with E-state index in [-0.39, 0.29) is 12.6 Å². The number of aliphatic hydroxyl groups is 2. The molecule has 2 aliphatic heterocycles. The second-order valence-corrected chi connectivity index (χ2v) is 7.49. The monoisotopic (exact) mass is 398 g/mol. The van der Waals surface area contributed by atoms with Crippen LogP contribution in [0.15, 0.2) is 17.9 Å². The molecule has 0 aliphatic carbocycles. The molecule has 2 N–H and O–H groups in total. The van der Waals surface area contributed by atoms with Crippen LogP contribution in [0.5, 0.6) is 0 Å². The van der Waals surface area contributed by atoms with Crippen LogP contribution in [0.25, 0.3) is 5.57 Å². The van der Waals surface area contributed by atoms with Gasteiger partial charge in [-0.15, -0.1) is 5.06 Å². The minimum absolute atomic E-state index is 0.0219. The third-order valence-electron chi connectivity index (χ3n) is 5.48. The number of halogens is 1. The molecular weight excluding hydrogens is 372 g/mol. The maximum absolute atomic E-state index is 11.3. The Balaban J connectivity index is 2.08. The molecule has 3 rings (SSSR count). The van der Waals surface area contributed by atoms with Gasteiger partial charge in [0, 0.05) is 30.8 Å². The van der Waals surface area contributed by atoms with Gasteiger partial charge in [0.1, 0.15) is 11.3 Å². The minimum atomic E-state index is -1.12. The topological polar surface area (TPSA) is 74.6 Å². The molecule has 1 aromatic carbocycles. The zero-order valence-electron chi connectivity index (χ0n) is 16.2. The van der Waals surface area contributed by atoms with E-state index in [1.54, 1.807) is 7.11 Å². The van der Waals surface area contributed by atoms with Crippen molar-refractivity contribution < 1.29 is 24.6 Å². The molecule has 27 heavy (non-hydrogen) atoms. The number of ether oxygens (including phenoxy) is 1. The van der Waals surface area contributed by atoms with E-state index in [1.165, 1.54) is 12.2 Å². The molecule has 1 saturated heterocycles. The van der Waals surface area contributed by atoms with Crippen LogP contribution >= 0.6 is 11.6 Å². The summed E-state index contributed by atoms with van der Waals surface area (Å²) in [5, 5.41) is 26.3. The van der Waals surface area contributed by atoms with Crippen LogP contribution < -0.4 is 0 Å². The number of methoxy groups -OCH3 is 1. The van der Waals surface area contributed by atoms with Crippen molar-refractivity contribution in [3.05, 3.63) is 39.6 Å². The van der Waals surface area contributed by atoms with Crippen molar-refractivity contribution >= 4 is 17.2 Å². The molecule has 2 aliphatic rings. The highest BCUT2D eigenvalue weighted by Crippen LogP contribution is 2.48. The van der Waals surface area contributed by atoms with Crippen LogP contribution in [-0.2, 0) is 14.4 Å². The summed E-state index contributed by atoms with van der Waals surface area (Å²) in [5.74, 6) is 0.135. The number of aryl methyl sites for hydroxylation is 2. The van der Waals surface area contributed by atoms with Crippen LogP contribution in [0.2, 0.25) is 5.02 Å². The van der Waals surface area contributed by atoms with Crippen LogP contribution in [0.1, 0.15) is 29.5 Å². The van der Waals surface area contributed by atoms with E-state index in [4.69, 9.17) is 26.0 Å². The fourth-order valence-electron chi connectivity index (χ4n) is 4.21. The molecule has 1 spiro atoms. The predicted molar refractivity (Wildman–Crippen MR) is 102 cm³/mol. The molecule has 7 nitrogen and oxygen atoms in total. The normalized spacial score (nSPS) is 23.6. The Kier molecular flexibility index (Phi) is 6.12. The molecule has 1 unspecified atom stereocenters. The van der Waals surface area contributed by atoms with Crippen LogP contribution in [0.3, 0.4) is 0 Å². The first-order valence-electron chi connectivity index (χ1n) is 8.94. The predicted octanol–water partition coefficient (Wildman–Crippen LogP) is 2.79. The summed E-state index contributed by atoms with van der Waals surface area (Å²) < 4.78 is 5.04. The van der Waals surface area contributed by atoms with Gasteiger partial charge in [-0.05, 0) is 55.5 Å². The summed E-state index contributed by atoms with van der Waals surface area (Å²) in [6.45, 7) is 5.02. The fraction of sp³-hybridized carbons (Fsp3) is 0.579. The standard InChI is InChI=1S/C19H27ClN2O5/c1-12-9-14(20)10-13(2)15(12)16-17(23)19(5-7-21(26-4)8-6-19)22(18(16)24)27-11-25-3/h9-10,18,23-24H,5-8,11H2,1-4H3. The summed E-state index contributed by atoms with van der Waals surface area (Å²) >= 11 is 6.16. The minimum Gasteiger partial charge on any atom is -0.510 e. The second kappa shape index (κ2) is 8.05. The molecular formula is C19H27ClN2O5. The summed E-state index contributed by atoms with van der Waals surface area (Å²) in [6, 6.07) is 3.66. The van der Waals surface area contributed by atoms with Gasteiger partial charge >= 0.3 is 0 Å². The van der Waals surface area contributed by atoms with Crippen molar-refractivity contribution in [2.75, 3.05) is 34.1 Å². The Morgan fingerprint density at radius 3 is 2.30 bits per heavy atom. The Morgan fingerprint density at radius 1 is 1.19 bits per heavy atom. The lowest BCUT2D eigenvalue weighted by Gasteiger charge is -2.43. The number of hydroxylamine groups is 4. The lowest BCUT2D eigenvalue weighted by Crippen LogP contribution is -2.55. The second-order valence-electron chi connectivity index (χ2n) is 7.06. The number of nitrogens with zero attached hydrogens (tertiary/aromatic N) is 2. The number of rotatable bonds is 5. The van der Waals surface area contributed by atoms with Gasteiger partial charge in [0.05, 0.1) is 7.11 Å².